The van der Waals surface area contributed by atoms with Crippen LogP contribution in [0.5, 0.6) is 5.75 Å². The largest absolute Gasteiger partial charge is 0.492 e. The van der Waals surface area contributed by atoms with E-state index < -0.39 is 0 Å². The molecule has 1 saturated heterocycles. The van der Waals surface area contributed by atoms with E-state index in [1.54, 1.807) is 0 Å². The molecule has 112 valence electrons. The Balaban J connectivity index is 1.79. The van der Waals surface area contributed by atoms with Crippen LogP contribution in [0.3, 0.4) is 0 Å². The molecule has 1 N–H and O–H groups in total. The number of hydrogen-bond donors (Lipinski definition) is 1. The third kappa shape index (κ3) is 5.39. The first-order valence-corrected chi connectivity index (χ1v) is 7.34. The predicted octanol–water partition coefficient (Wildman–Crippen LogP) is 2.61. The lowest BCUT2D eigenvalue weighted by Gasteiger charge is -2.26. The summed E-state index contributed by atoms with van der Waals surface area (Å²) >= 11 is 0. The average Bonchev–Trinajstić information content (AvgIpc) is 2.38. The standard InChI is InChI=1S/C16H26N2O2/c1-16(2,3)17-14-5-4-6-15(13-14)20-12-9-18-7-10-19-11-8-18/h4-6,13,17H,7-12H2,1-3H3. The van der Waals surface area contributed by atoms with E-state index in [1.807, 2.05) is 12.1 Å². The Morgan fingerprint density at radius 2 is 2.00 bits per heavy atom. The molecule has 1 heterocycles. The summed E-state index contributed by atoms with van der Waals surface area (Å²) in [7, 11) is 0. The first kappa shape index (κ1) is 15.1. The Morgan fingerprint density at radius 3 is 2.70 bits per heavy atom. The van der Waals surface area contributed by atoms with Crippen LogP contribution >= 0.6 is 0 Å². The van der Waals surface area contributed by atoms with Gasteiger partial charge in [-0.15, -0.1) is 0 Å². The van der Waals surface area contributed by atoms with Crippen molar-refractivity contribution in [2.24, 2.45) is 0 Å². The third-order valence-corrected chi connectivity index (χ3v) is 3.13. The van der Waals surface area contributed by atoms with Crippen molar-refractivity contribution in [3.8, 4) is 5.75 Å². The number of morpholine rings is 1. The summed E-state index contributed by atoms with van der Waals surface area (Å²) in [6, 6.07) is 8.16. The molecule has 1 aromatic rings. The fourth-order valence-electron chi connectivity index (χ4n) is 2.21. The molecular weight excluding hydrogens is 252 g/mol. The summed E-state index contributed by atoms with van der Waals surface area (Å²) in [5, 5.41) is 3.45. The maximum absolute atomic E-state index is 5.84. The summed E-state index contributed by atoms with van der Waals surface area (Å²) in [4.78, 5) is 2.38. The maximum Gasteiger partial charge on any atom is 0.121 e. The van der Waals surface area contributed by atoms with Gasteiger partial charge in [-0.1, -0.05) is 6.07 Å². The Kier molecular flexibility index (Phi) is 5.26. The van der Waals surface area contributed by atoms with E-state index in [0.29, 0.717) is 0 Å². The molecule has 1 aliphatic rings. The molecule has 4 heteroatoms. The van der Waals surface area contributed by atoms with Crippen molar-refractivity contribution in [2.45, 2.75) is 26.3 Å². The molecule has 0 aliphatic carbocycles. The lowest BCUT2D eigenvalue weighted by molar-refractivity contribution is 0.0322. The van der Waals surface area contributed by atoms with Crippen LogP contribution < -0.4 is 10.1 Å². The van der Waals surface area contributed by atoms with Crippen molar-refractivity contribution >= 4 is 5.69 Å². The maximum atomic E-state index is 5.84. The van der Waals surface area contributed by atoms with Crippen LogP contribution in [0.2, 0.25) is 0 Å². The molecule has 0 spiro atoms. The Labute approximate surface area is 122 Å². The number of anilines is 1. The quantitative estimate of drug-likeness (QED) is 0.897. The number of benzene rings is 1. The third-order valence-electron chi connectivity index (χ3n) is 3.13. The summed E-state index contributed by atoms with van der Waals surface area (Å²) in [5.74, 6) is 0.924. The molecule has 1 aromatic carbocycles. The van der Waals surface area contributed by atoms with Gasteiger partial charge in [0.05, 0.1) is 13.2 Å². The zero-order valence-electron chi connectivity index (χ0n) is 12.8. The van der Waals surface area contributed by atoms with E-state index in [0.717, 1.165) is 50.9 Å². The summed E-state index contributed by atoms with van der Waals surface area (Å²) < 4.78 is 11.2. The second-order valence-electron chi connectivity index (χ2n) is 6.21. The Hall–Kier alpha value is -1.26. The molecule has 0 bridgehead atoms. The van der Waals surface area contributed by atoms with Crippen LogP contribution in [0.4, 0.5) is 5.69 Å². The van der Waals surface area contributed by atoms with Gasteiger partial charge in [0.15, 0.2) is 0 Å². The van der Waals surface area contributed by atoms with Gasteiger partial charge in [-0.05, 0) is 32.9 Å². The minimum Gasteiger partial charge on any atom is -0.492 e. The summed E-state index contributed by atoms with van der Waals surface area (Å²) in [6.45, 7) is 11.8. The Morgan fingerprint density at radius 1 is 1.25 bits per heavy atom. The molecule has 0 radical (unpaired) electrons. The average molecular weight is 278 g/mol. The SMILES string of the molecule is CC(C)(C)Nc1cccc(OCCN2CCOCC2)c1. The number of hydrogen-bond acceptors (Lipinski definition) is 4. The minimum atomic E-state index is 0.0619. The van der Waals surface area contributed by atoms with Gasteiger partial charge in [-0.2, -0.15) is 0 Å². The van der Waals surface area contributed by atoms with Gasteiger partial charge in [0.25, 0.3) is 0 Å². The topological polar surface area (TPSA) is 33.7 Å². The Bertz CT molecular complexity index is 409. The van der Waals surface area contributed by atoms with Crippen molar-refractivity contribution in [1.82, 2.24) is 4.90 Å². The number of nitrogens with one attached hydrogen (secondary N) is 1. The van der Waals surface area contributed by atoms with E-state index >= 15 is 0 Å². The number of rotatable bonds is 5. The highest BCUT2D eigenvalue weighted by molar-refractivity contribution is 5.49. The van der Waals surface area contributed by atoms with Gasteiger partial charge in [0, 0.05) is 36.9 Å². The van der Waals surface area contributed by atoms with Gasteiger partial charge in [0.2, 0.25) is 0 Å². The van der Waals surface area contributed by atoms with Gasteiger partial charge in [-0.3, -0.25) is 4.90 Å². The molecule has 0 saturated carbocycles. The lowest BCUT2D eigenvalue weighted by Crippen LogP contribution is -2.38. The fraction of sp³-hybridized carbons (Fsp3) is 0.625. The normalized spacial score (nSPS) is 16.9. The van der Waals surface area contributed by atoms with Crippen molar-refractivity contribution in [3.63, 3.8) is 0 Å². The van der Waals surface area contributed by atoms with E-state index in [9.17, 15) is 0 Å². The molecule has 0 amide bonds. The summed E-state index contributed by atoms with van der Waals surface area (Å²) in [5.41, 5.74) is 1.16. The molecular formula is C16H26N2O2. The van der Waals surface area contributed by atoms with E-state index in [-0.39, 0.29) is 5.54 Å². The molecule has 0 unspecified atom stereocenters. The van der Waals surface area contributed by atoms with Crippen LogP contribution in [-0.4, -0.2) is 49.9 Å². The highest BCUT2D eigenvalue weighted by atomic mass is 16.5. The lowest BCUT2D eigenvalue weighted by atomic mass is 10.1. The molecule has 0 aromatic heterocycles. The van der Waals surface area contributed by atoms with Crippen LogP contribution in [-0.2, 0) is 4.74 Å². The van der Waals surface area contributed by atoms with Crippen LogP contribution in [0.25, 0.3) is 0 Å². The molecule has 20 heavy (non-hydrogen) atoms. The zero-order valence-corrected chi connectivity index (χ0v) is 12.8. The van der Waals surface area contributed by atoms with Gasteiger partial charge in [-0.25, -0.2) is 0 Å². The van der Waals surface area contributed by atoms with E-state index in [2.05, 4.69) is 43.1 Å². The number of ether oxygens (including phenoxy) is 2. The molecule has 1 fully saturated rings. The smallest absolute Gasteiger partial charge is 0.121 e. The second-order valence-corrected chi connectivity index (χ2v) is 6.21. The van der Waals surface area contributed by atoms with Gasteiger partial charge >= 0.3 is 0 Å². The van der Waals surface area contributed by atoms with Gasteiger partial charge < -0.3 is 14.8 Å². The minimum absolute atomic E-state index is 0.0619. The van der Waals surface area contributed by atoms with Crippen molar-refractivity contribution in [1.29, 1.82) is 0 Å². The highest BCUT2D eigenvalue weighted by Gasteiger charge is 2.11. The van der Waals surface area contributed by atoms with E-state index in [4.69, 9.17) is 9.47 Å². The zero-order chi connectivity index (χ0) is 14.4. The number of nitrogens with zero attached hydrogens (tertiary/aromatic N) is 1. The first-order chi connectivity index (χ1) is 9.53. The van der Waals surface area contributed by atoms with Crippen LogP contribution in [0.15, 0.2) is 24.3 Å². The summed E-state index contributed by atoms with van der Waals surface area (Å²) in [6.07, 6.45) is 0. The van der Waals surface area contributed by atoms with E-state index in [1.165, 1.54) is 0 Å². The predicted molar refractivity (Wildman–Crippen MR) is 82.6 cm³/mol. The monoisotopic (exact) mass is 278 g/mol. The van der Waals surface area contributed by atoms with Crippen LogP contribution in [0, 0.1) is 0 Å². The van der Waals surface area contributed by atoms with Crippen LogP contribution in [0.1, 0.15) is 20.8 Å². The van der Waals surface area contributed by atoms with Crippen molar-refractivity contribution in [3.05, 3.63) is 24.3 Å². The second kappa shape index (κ2) is 6.95. The van der Waals surface area contributed by atoms with Gasteiger partial charge in [0.1, 0.15) is 12.4 Å². The molecule has 4 nitrogen and oxygen atoms in total. The molecule has 1 aliphatic heterocycles. The van der Waals surface area contributed by atoms with Crippen molar-refractivity contribution < 1.29 is 9.47 Å². The highest BCUT2D eigenvalue weighted by Crippen LogP contribution is 2.20. The first-order valence-electron chi connectivity index (χ1n) is 7.34. The molecule has 0 atom stereocenters. The molecule has 2 rings (SSSR count). The van der Waals surface area contributed by atoms with Crippen molar-refractivity contribution in [2.75, 3.05) is 44.8 Å². The fourth-order valence-corrected chi connectivity index (χ4v) is 2.21.